The van der Waals surface area contributed by atoms with Crippen molar-refractivity contribution in [2.24, 2.45) is 0 Å². The number of nitrogens with one attached hydrogen (secondary N) is 1. The average molecular weight is 187 g/mol. The van der Waals surface area contributed by atoms with Crippen molar-refractivity contribution in [3.8, 4) is 0 Å². The van der Waals surface area contributed by atoms with Gasteiger partial charge in [-0.25, -0.2) is 0 Å². The zero-order chi connectivity index (χ0) is 9.52. The van der Waals surface area contributed by atoms with Gasteiger partial charge in [-0.05, 0) is 32.2 Å². The highest BCUT2D eigenvalue weighted by atomic mass is 16.5. The lowest BCUT2D eigenvalue weighted by molar-refractivity contribution is -0.136. The SMILES string of the molecule is O=C(O)CNCCC1CCCCO1. The molecule has 1 heterocycles. The monoisotopic (exact) mass is 187 g/mol. The molecule has 1 aliphatic rings. The van der Waals surface area contributed by atoms with Crippen molar-refractivity contribution in [3.05, 3.63) is 0 Å². The number of ether oxygens (including phenoxy) is 1. The lowest BCUT2D eigenvalue weighted by atomic mass is 10.1. The summed E-state index contributed by atoms with van der Waals surface area (Å²) in [5.74, 6) is -0.801. The molecule has 1 rings (SSSR count). The van der Waals surface area contributed by atoms with Crippen LogP contribution in [0.1, 0.15) is 25.7 Å². The van der Waals surface area contributed by atoms with Gasteiger partial charge in [0, 0.05) is 6.61 Å². The molecule has 76 valence electrons. The molecule has 0 saturated carbocycles. The molecule has 0 spiro atoms. The minimum atomic E-state index is -0.801. The Morgan fingerprint density at radius 1 is 1.54 bits per heavy atom. The van der Waals surface area contributed by atoms with Crippen LogP contribution in [-0.2, 0) is 9.53 Å². The van der Waals surface area contributed by atoms with E-state index >= 15 is 0 Å². The third-order valence-electron chi connectivity index (χ3n) is 2.19. The second kappa shape index (κ2) is 5.94. The fraction of sp³-hybridized carbons (Fsp3) is 0.889. The van der Waals surface area contributed by atoms with Crippen molar-refractivity contribution in [2.45, 2.75) is 31.8 Å². The molecular weight excluding hydrogens is 170 g/mol. The van der Waals surface area contributed by atoms with Crippen LogP contribution in [-0.4, -0.2) is 36.9 Å². The van der Waals surface area contributed by atoms with Crippen molar-refractivity contribution in [1.29, 1.82) is 0 Å². The summed E-state index contributed by atoms with van der Waals surface area (Å²) in [7, 11) is 0. The summed E-state index contributed by atoms with van der Waals surface area (Å²) < 4.78 is 5.50. The zero-order valence-corrected chi connectivity index (χ0v) is 7.79. The molecule has 1 unspecified atom stereocenters. The Morgan fingerprint density at radius 3 is 3.00 bits per heavy atom. The van der Waals surface area contributed by atoms with Crippen molar-refractivity contribution in [1.82, 2.24) is 5.32 Å². The summed E-state index contributed by atoms with van der Waals surface area (Å²) in [6.45, 7) is 1.65. The van der Waals surface area contributed by atoms with Crippen molar-refractivity contribution < 1.29 is 14.6 Å². The Kier molecular flexibility index (Phi) is 4.78. The van der Waals surface area contributed by atoms with E-state index in [-0.39, 0.29) is 6.54 Å². The third kappa shape index (κ3) is 4.85. The molecule has 0 radical (unpaired) electrons. The van der Waals surface area contributed by atoms with Crippen LogP contribution in [0.3, 0.4) is 0 Å². The molecule has 13 heavy (non-hydrogen) atoms. The molecule has 1 aliphatic heterocycles. The van der Waals surface area contributed by atoms with E-state index in [1.807, 2.05) is 0 Å². The van der Waals surface area contributed by atoms with Crippen LogP contribution in [0.4, 0.5) is 0 Å². The van der Waals surface area contributed by atoms with Crippen molar-refractivity contribution >= 4 is 5.97 Å². The Bertz CT molecular complexity index is 155. The first kappa shape index (κ1) is 10.5. The molecule has 1 atom stereocenters. The summed E-state index contributed by atoms with van der Waals surface area (Å²) in [4.78, 5) is 10.2. The predicted octanol–water partition coefficient (Wildman–Crippen LogP) is 0.620. The normalized spacial score (nSPS) is 22.9. The number of rotatable bonds is 5. The Hall–Kier alpha value is -0.610. The van der Waals surface area contributed by atoms with Crippen LogP contribution in [0.2, 0.25) is 0 Å². The van der Waals surface area contributed by atoms with E-state index in [0.29, 0.717) is 6.10 Å². The fourth-order valence-electron chi connectivity index (χ4n) is 1.49. The molecule has 4 heteroatoms. The average Bonchev–Trinajstić information content (AvgIpc) is 2.14. The molecular formula is C9H17NO3. The van der Waals surface area contributed by atoms with Gasteiger partial charge in [-0.15, -0.1) is 0 Å². The lowest BCUT2D eigenvalue weighted by Crippen LogP contribution is -2.28. The largest absolute Gasteiger partial charge is 0.480 e. The second-order valence-corrected chi connectivity index (χ2v) is 3.35. The maximum absolute atomic E-state index is 10.2. The first-order valence-corrected chi connectivity index (χ1v) is 4.83. The fourth-order valence-corrected chi connectivity index (χ4v) is 1.49. The minimum absolute atomic E-state index is 0.0483. The predicted molar refractivity (Wildman–Crippen MR) is 48.7 cm³/mol. The van der Waals surface area contributed by atoms with E-state index in [9.17, 15) is 4.79 Å². The molecule has 1 fully saturated rings. The molecule has 0 amide bonds. The number of carbonyl (C=O) groups is 1. The molecule has 0 aromatic heterocycles. The van der Waals surface area contributed by atoms with Gasteiger partial charge in [0.1, 0.15) is 0 Å². The summed E-state index contributed by atoms with van der Waals surface area (Å²) in [5, 5.41) is 11.2. The highest BCUT2D eigenvalue weighted by Gasteiger charge is 2.12. The lowest BCUT2D eigenvalue weighted by Gasteiger charge is -2.22. The van der Waals surface area contributed by atoms with E-state index in [1.165, 1.54) is 12.8 Å². The van der Waals surface area contributed by atoms with E-state index in [1.54, 1.807) is 0 Å². The van der Waals surface area contributed by atoms with Crippen LogP contribution in [0.5, 0.6) is 0 Å². The van der Waals surface area contributed by atoms with Gasteiger partial charge in [-0.3, -0.25) is 4.79 Å². The second-order valence-electron chi connectivity index (χ2n) is 3.35. The Balaban J connectivity index is 1.95. The summed E-state index contributed by atoms with van der Waals surface area (Å²) in [5.41, 5.74) is 0. The van der Waals surface area contributed by atoms with E-state index in [2.05, 4.69) is 5.32 Å². The number of hydrogen-bond acceptors (Lipinski definition) is 3. The van der Waals surface area contributed by atoms with Gasteiger partial charge in [0.2, 0.25) is 0 Å². The maximum atomic E-state index is 10.2. The highest BCUT2D eigenvalue weighted by molar-refractivity contribution is 5.68. The topological polar surface area (TPSA) is 58.6 Å². The molecule has 2 N–H and O–H groups in total. The molecule has 0 bridgehead atoms. The van der Waals surface area contributed by atoms with E-state index in [4.69, 9.17) is 9.84 Å². The van der Waals surface area contributed by atoms with E-state index < -0.39 is 5.97 Å². The standard InChI is InChI=1S/C9H17NO3/c11-9(12)7-10-5-4-8-3-1-2-6-13-8/h8,10H,1-7H2,(H,11,12). The molecule has 0 aliphatic carbocycles. The Labute approximate surface area is 78.3 Å². The summed E-state index contributed by atoms with van der Waals surface area (Å²) in [6.07, 6.45) is 4.79. The first-order chi connectivity index (χ1) is 6.29. The molecule has 4 nitrogen and oxygen atoms in total. The van der Waals surface area contributed by atoms with Gasteiger partial charge in [-0.2, -0.15) is 0 Å². The van der Waals surface area contributed by atoms with E-state index in [0.717, 1.165) is 26.0 Å². The van der Waals surface area contributed by atoms with Gasteiger partial charge in [0.25, 0.3) is 0 Å². The quantitative estimate of drug-likeness (QED) is 0.619. The first-order valence-electron chi connectivity index (χ1n) is 4.83. The number of carboxylic acid groups (broad SMARTS) is 1. The number of aliphatic carboxylic acids is 1. The van der Waals surface area contributed by atoms with Crippen LogP contribution < -0.4 is 5.32 Å². The maximum Gasteiger partial charge on any atom is 0.317 e. The number of hydrogen-bond donors (Lipinski definition) is 2. The van der Waals surface area contributed by atoms with Crippen LogP contribution in [0.15, 0.2) is 0 Å². The van der Waals surface area contributed by atoms with Gasteiger partial charge >= 0.3 is 5.97 Å². The van der Waals surface area contributed by atoms with Crippen molar-refractivity contribution in [2.75, 3.05) is 19.7 Å². The highest BCUT2D eigenvalue weighted by Crippen LogP contribution is 2.14. The van der Waals surface area contributed by atoms with Gasteiger partial charge in [0.15, 0.2) is 0 Å². The Morgan fingerprint density at radius 2 is 2.38 bits per heavy atom. The molecule has 1 saturated heterocycles. The van der Waals surface area contributed by atoms with Crippen LogP contribution in [0.25, 0.3) is 0 Å². The van der Waals surface area contributed by atoms with Crippen LogP contribution >= 0.6 is 0 Å². The minimum Gasteiger partial charge on any atom is -0.480 e. The van der Waals surface area contributed by atoms with Gasteiger partial charge in [-0.1, -0.05) is 0 Å². The smallest absolute Gasteiger partial charge is 0.317 e. The molecule has 0 aromatic rings. The molecule has 0 aromatic carbocycles. The third-order valence-corrected chi connectivity index (χ3v) is 2.19. The van der Waals surface area contributed by atoms with Gasteiger partial charge in [0.05, 0.1) is 12.6 Å². The summed E-state index contributed by atoms with van der Waals surface area (Å²) >= 11 is 0. The number of carboxylic acids is 1. The van der Waals surface area contributed by atoms with Crippen LogP contribution in [0, 0.1) is 0 Å². The van der Waals surface area contributed by atoms with Crippen molar-refractivity contribution in [3.63, 3.8) is 0 Å². The summed E-state index contributed by atoms with van der Waals surface area (Å²) in [6, 6.07) is 0. The van der Waals surface area contributed by atoms with Gasteiger partial charge < -0.3 is 15.2 Å². The zero-order valence-electron chi connectivity index (χ0n) is 7.79.